The lowest BCUT2D eigenvalue weighted by atomic mass is 9.78. The zero-order valence-electron chi connectivity index (χ0n) is 17.9. The molecule has 2 amide bonds. The van der Waals surface area contributed by atoms with Crippen LogP contribution in [0.15, 0.2) is 12.3 Å². The molecule has 1 aliphatic carbocycles. The lowest BCUT2D eigenvalue weighted by Crippen LogP contribution is -2.50. The third kappa shape index (κ3) is 3.97. The average molecular weight is 417 g/mol. The number of anilines is 2. The topological polar surface area (TPSA) is 95.0 Å². The van der Waals surface area contributed by atoms with E-state index in [1.807, 2.05) is 13.0 Å². The van der Waals surface area contributed by atoms with Crippen LogP contribution in [0.5, 0.6) is 0 Å². The molecule has 1 spiro atoms. The Bertz CT molecular complexity index is 808. The fourth-order valence-corrected chi connectivity index (χ4v) is 5.28. The van der Waals surface area contributed by atoms with Crippen molar-refractivity contribution < 1.29 is 19.4 Å². The Kier molecular flexibility index (Phi) is 5.86. The van der Waals surface area contributed by atoms with Gasteiger partial charge in [-0.15, -0.1) is 0 Å². The predicted molar refractivity (Wildman–Crippen MR) is 113 cm³/mol. The fraction of sp³-hybridized carbons (Fsp3) is 0.682. The van der Waals surface area contributed by atoms with E-state index < -0.39 is 6.09 Å². The van der Waals surface area contributed by atoms with E-state index in [2.05, 4.69) is 24.8 Å². The van der Waals surface area contributed by atoms with Crippen molar-refractivity contribution in [2.45, 2.75) is 64.0 Å². The maximum atomic E-state index is 13.5. The number of ether oxygens (including phenoxy) is 1. The van der Waals surface area contributed by atoms with Gasteiger partial charge in [-0.05, 0) is 63.5 Å². The van der Waals surface area contributed by atoms with Gasteiger partial charge in [-0.1, -0.05) is 0 Å². The van der Waals surface area contributed by atoms with Crippen molar-refractivity contribution in [3.63, 3.8) is 0 Å². The Morgan fingerprint density at radius 1 is 1.27 bits per heavy atom. The summed E-state index contributed by atoms with van der Waals surface area (Å²) < 4.78 is 4.65. The molecule has 1 aromatic heterocycles. The first-order valence-corrected chi connectivity index (χ1v) is 11.0. The number of pyridine rings is 1. The number of aliphatic hydroxyl groups is 1. The first-order valence-electron chi connectivity index (χ1n) is 11.0. The summed E-state index contributed by atoms with van der Waals surface area (Å²) in [6.07, 6.45) is 7.11. The lowest BCUT2D eigenvalue weighted by molar-refractivity contribution is -0.139. The largest absolute Gasteiger partial charge is 0.453 e. The molecule has 1 saturated carbocycles. The average Bonchev–Trinajstić information content (AvgIpc) is 3.05. The molecule has 3 fully saturated rings. The van der Waals surface area contributed by atoms with Crippen molar-refractivity contribution in [1.82, 2.24) is 9.88 Å². The molecule has 0 bridgehead atoms. The molecule has 4 rings (SSSR count). The van der Waals surface area contributed by atoms with Gasteiger partial charge in [0, 0.05) is 25.7 Å². The molecule has 1 aromatic rings. The molecular weight excluding hydrogens is 384 g/mol. The number of aliphatic hydroxyl groups excluding tert-OH is 1. The van der Waals surface area contributed by atoms with Gasteiger partial charge in [0.15, 0.2) is 0 Å². The first kappa shape index (κ1) is 20.9. The number of likely N-dealkylation sites (tertiary alicyclic amines) is 1. The number of amides is 2. The molecule has 30 heavy (non-hydrogen) atoms. The Hall–Kier alpha value is -2.35. The van der Waals surface area contributed by atoms with Crippen LogP contribution in [0.1, 0.15) is 50.5 Å². The molecule has 2 N–H and O–H groups in total. The molecule has 3 aliphatic rings. The molecule has 0 aromatic carbocycles. The number of piperidine rings is 1. The van der Waals surface area contributed by atoms with E-state index in [9.17, 15) is 14.7 Å². The minimum Gasteiger partial charge on any atom is -0.453 e. The van der Waals surface area contributed by atoms with Crippen molar-refractivity contribution in [2.24, 2.45) is 5.41 Å². The summed E-state index contributed by atoms with van der Waals surface area (Å²) in [5.41, 5.74) is 1.21. The first-order chi connectivity index (χ1) is 14.4. The van der Waals surface area contributed by atoms with Gasteiger partial charge in [-0.3, -0.25) is 10.1 Å². The Morgan fingerprint density at radius 2 is 2.03 bits per heavy atom. The van der Waals surface area contributed by atoms with Crippen LogP contribution >= 0.6 is 0 Å². The van der Waals surface area contributed by atoms with Gasteiger partial charge >= 0.3 is 6.09 Å². The standard InChI is InChI=1S/C22H32N4O4/c1-15-12-19(23-13-18(15)24-21(29)30-2)25-10-3-8-22(14-25)9-11-26(20(22)28)16-4-6-17(27)7-5-16/h12-13,16-17,27H,3-11,14H2,1-2H3,(H,24,29)/t16-,17-,22-/m0/s1. The van der Waals surface area contributed by atoms with Crippen LogP contribution in [-0.4, -0.2) is 65.9 Å². The van der Waals surface area contributed by atoms with Gasteiger partial charge in [-0.2, -0.15) is 0 Å². The molecule has 8 nitrogen and oxygen atoms in total. The molecule has 0 unspecified atom stereocenters. The van der Waals surface area contributed by atoms with Gasteiger partial charge in [0.25, 0.3) is 0 Å². The highest BCUT2D eigenvalue weighted by Gasteiger charge is 2.50. The predicted octanol–water partition coefficient (Wildman–Crippen LogP) is 2.69. The van der Waals surface area contributed by atoms with E-state index in [1.54, 1.807) is 6.20 Å². The van der Waals surface area contributed by atoms with Crippen LogP contribution in [0.2, 0.25) is 0 Å². The minimum absolute atomic E-state index is 0.205. The normalized spacial score (nSPS) is 29.4. The van der Waals surface area contributed by atoms with Crippen molar-refractivity contribution >= 4 is 23.5 Å². The lowest BCUT2D eigenvalue weighted by Gasteiger charge is -2.41. The molecule has 0 radical (unpaired) electrons. The van der Waals surface area contributed by atoms with Crippen LogP contribution in [0, 0.1) is 12.3 Å². The van der Waals surface area contributed by atoms with Gasteiger partial charge < -0.3 is 19.6 Å². The number of carbonyl (C=O) groups is 2. The summed E-state index contributed by atoms with van der Waals surface area (Å²) in [5.74, 6) is 1.13. The number of nitrogens with one attached hydrogen (secondary N) is 1. The number of carbonyl (C=O) groups excluding carboxylic acids is 2. The van der Waals surface area contributed by atoms with E-state index in [1.165, 1.54) is 7.11 Å². The second kappa shape index (κ2) is 8.41. The third-order valence-electron chi connectivity index (χ3n) is 7.07. The minimum atomic E-state index is -0.517. The smallest absolute Gasteiger partial charge is 0.411 e. The molecule has 2 aliphatic heterocycles. The quantitative estimate of drug-likeness (QED) is 0.787. The summed E-state index contributed by atoms with van der Waals surface area (Å²) >= 11 is 0. The van der Waals surface area contributed by atoms with Gasteiger partial charge in [0.2, 0.25) is 5.91 Å². The monoisotopic (exact) mass is 416 g/mol. The summed E-state index contributed by atoms with van der Waals surface area (Å²) in [6.45, 7) is 4.31. The number of aryl methyl sites for hydroxylation is 1. The summed E-state index contributed by atoms with van der Waals surface area (Å²) in [4.78, 5) is 33.8. The van der Waals surface area contributed by atoms with Crippen molar-refractivity contribution in [2.75, 3.05) is 37.0 Å². The molecule has 3 heterocycles. The molecule has 2 saturated heterocycles. The van der Waals surface area contributed by atoms with Crippen LogP contribution in [0.25, 0.3) is 0 Å². The van der Waals surface area contributed by atoms with Crippen molar-refractivity contribution in [3.05, 3.63) is 17.8 Å². The van der Waals surface area contributed by atoms with Gasteiger partial charge in [0.05, 0.1) is 30.5 Å². The maximum absolute atomic E-state index is 13.5. The summed E-state index contributed by atoms with van der Waals surface area (Å²) in [5, 5.41) is 12.5. The fourth-order valence-electron chi connectivity index (χ4n) is 5.28. The SMILES string of the molecule is COC(=O)Nc1cnc(N2CCC[C@]3(CCN([C@H]4CC[C@H](O)CC4)C3=O)C2)cc1C. The third-order valence-corrected chi connectivity index (χ3v) is 7.07. The van der Waals surface area contributed by atoms with Crippen LogP contribution < -0.4 is 10.2 Å². The maximum Gasteiger partial charge on any atom is 0.411 e. The van der Waals surface area contributed by atoms with Crippen LogP contribution in [0.4, 0.5) is 16.3 Å². The van der Waals surface area contributed by atoms with Crippen molar-refractivity contribution in [3.8, 4) is 0 Å². The number of nitrogens with zero attached hydrogens (tertiary/aromatic N) is 3. The van der Waals surface area contributed by atoms with E-state index in [-0.39, 0.29) is 23.5 Å². The van der Waals surface area contributed by atoms with Gasteiger partial charge in [-0.25, -0.2) is 9.78 Å². The van der Waals surface area contributed by atoms with E-state index in [4.69, 9.17) is 0 Å². The number of methoxy groups -OCH3 is 1. The second-order valence-corrected chi connectivity index (χ2v) is 8.99. The highest BCUT2D eigenvalue weighted by molar-refractivity contribution is 5.87. The summed E-state index contributed by atoms with van der Waals surface area (Å²) in [7, 11) is 1.33. The molecule has 164 valence electrons. The van der Waals surface area contributed by atoms with E-state index in [0.29, 0.717) is 12.2 Å². The number of hydrogen-bond donors (Lipinski definition) is 2. The molecule has 1 atom stereocenters. The molecule has 8 heteroatoms. The Morgan fingerprint density at radius 3 is 2.73 bits per heavy atom. The number of hydrogen-bond acceptors (Lipinski definition) is 6. The highest BCUT2D eigenvalue weighted by atomic mass is 16.5. The van der Waals surface area contributed by atoms with E-state index >= 15 is 0 Å². The van der Waals surface area contributed by atoms with Crippen LogP contribution in [-0.2, 0) is 9.53 Å². The number of rotatable bonds is 3. The Balaban J connectivity index is 1.46. The summed E-state index contributed by atoms with van der Waals surface area (Å²) in [6, 6.07) is 2.24. The number of aromatic nitrogens is 1. The zero-order chi connectivity index (χ0) is 21.3. The highest BCUT2D eigenvalue weighted by Crippen LogP contribution is 2.43. The van der Waals surface area contributed by atoms with Gasteiger partial charge in [0.1, 0.15) is 5.82 Å². The molecular formula is C22H32N4O4. The Labute approximate surface area is 177 Å². The van der Waals surface area contributed by atoms with E-state index in [0.717, 1.165) is 69.4 Å². The zero-order valence-corrected chi connectivity index (χ0v) is 17.9. The van der Waals surface area contributed by atoms with Crippen molar-refractivity contribution in [1.29, 1.82) is 0 Å². The second-order valence-electron chi connectivity index (χ2n) is 8.99. The van der Waals surface area contributed by atoms with Crippen LogP contribution in [0.3, 0.4) is 0 Å².